The van der Waals surface area contributed by atoms with Crippen LogP contribution in [0.15, 0.2) is 29.3 Å². The molecule has 0 amide bonds. The predicted molar refractivity (Wildman–Crippen MR) is 134 cm³/mol. The van der Waals surface area contributed by atoms with Crippen LogP contribution >= 0.6 is 24.0 Å². The summed E-state index contributed by atoms with van der Waals surface area (Å²) in [5.41, 5.74) is 2.64. The lowest BCUT2D eigenvalue weighted by atomic mass is 10.1. The van der Waals surface area contributed by atoms with Crippen LogP contribution in [0.5, 0.6) is 0 Å². The molecule has 2 unspecified atom stereocenters. The second-order valence-corrected chi connectivity index (χ2v) is 8.35. The van der Waals surface area contributed by atoms with E-state index in [1.807, 2.05) is 0 Å². The molecule has 2 atom stereocenters. The Labute approximate surface area is 199 Å². The smallest absolute Gasteiger partial charge is 0.194 e. The molecule has 0 spiro atoms. The summed E-state index contributed by atoms with van der Waals surface area (Å²) in [4.78, 5) is 9.70. The summed E-state index contributed by atoms with van der Waals surface area (Å²) in [7, 11) is 2.17. The maximum absolute atomic E-state index is 6.01. The normalized spacial score (nSPS) is 22.5. The van der Waals surface area contributed by atoms with Crippen LogP contribution in [0.25, 0.3) is 0 Å². The molecule has 30 heavy (non-hydrogen) atoms. The van der Waals surface area contributed by atoms with Crippen LogP contribution in [0, 0.1) is 0 Å². The molecule has 2 aliphatic heterocycles. The molecule has 6 nitrogen and oxygen atoms in total. The third kappa shape index (κ3) is 7.07. The highest BCUT2D eigenvalue weighted by molar-refractivity contribution is 14.0. The fraction of sp³-hybridized carbons (Fsp3) is 0.696. The number of morpholine rings is 1. The zero-order valence-electron chi connectivity index (χ0n) is 19.0. The van der Waals surface area contributed by atoms with Crippen molar-refractivity contribution in [2.24, 2.45) is 4.99 Å². The van der Waals surface area contributed by atoms with Crippen molar-refractivity contribution >= 4 is 29.9 Å². The molecule has 2 fully saturated rings. The van der Waals surface area contributed by atoms with Crippen LogP contribution in [0.3, 0.4) is 0 Å². The molecular weight excluding hydrogens is 491 g/mol. The fourth-order valence-corrected chi connectivity index (χ4v) is 3.89. The van der Waals surface area contributed by atoms with E-state index in [4.69, 9.17) is 14.5 Å². The minimum Gasteiger partial charge on any atom is -0.375 e. The Kier molecular flexibility index (Phi) is 10.8. The quantitative estimate of drug-likeness (QED) is 0.333. The van der Waals surface area contributed by atoms with Crippen molar-refractivity contribution in [3.63, 3.8) is 0 Å². The molecule has 1 N–H and O–H groups in total. The summed E-state index contributed by atoms with van der Waals surface area (Å²) >= 11 is 0. The molecule has 2 saturated heterocycles. The summed E-state index contributed by atoms with van der Waals surface area (Å²) in [6, 6.07) is 9.17. The van der Waals surface area contributed by atoms with E-state index < -0.39 is 0 Å². The molecule has 2 aliphatic rings. The van der Waals surface area contributed by atoms with Crippen molar-refractivity contribution in [1.29, 1.82) is 0 Å². The number of nitrogens with one attached hydrogen (secondary N) is 1. The van der Waals surface area contributed by atoms with Gasteiger partial charge in [-0.2, -0.15) is 0 Å². The van der Waals surface area contributed by atoms with Crippen molar-refractivity contribution in [3.8, 4) is 0 Å². The van der Waals surface area contributed by atoms with Crippen LogP contribution in [-0.4, -0.2) is 73.9 Å². The van der Waals surface area contributed by atoms with Crippen molar-refractivity contribution < 1.29 is 9.47 Å². The van der Waals surface area contributed by atoms with E-state index in [2.05, 4.69) is 67.2 Å². The fourth-order valence-electron chi connectivity index (χ4n) is 3.89. The van der Waals surface area contributed by atoms with E-state index in [-0.39, 0.29) is 36.2 Å². The number of halogens is 1. The van der Waals surface area contributed by atoms with Gasteiger partial charge in [-0.3, -0.25) is 4.90 Å². The van der Waals surface area contributed by atoms with E-state index in [1.54, 1.807) is 0 Å². The van der Waals surface area contributed by atoms with Gasteiger partial charge in [0, 0.05) is 38.8 Å². The first-order valence-corrected chi connectivity index (χ1v) is 11.1. The molecule has 2 heterocycles. The Morgan fingerprint density at radius 1 is 1.20 bits per heavy atom. The third-order valence-electron chi connectivity index (χ3n) is 5.93. The second-order valence-electron chi connectivity index (χ2n) is 8.35. The molecule has 3 rings (SSSR count). The van der Waals surface area contributed by atoms with Crippen LogP contribution in [0.4, 0.5) is 0 Å². The molecule has 0 radical (unpaired) electrons. The SMILES string of the molecule is CCNC(=NCc1ccccc1CN(C)C(C)C)N1CCOC(C2CCCO2)C1.I. The van der Waals surface area contributed by atoms with Crippen LogP contribution in [-0.2, 0) is 22.6 Å². The van der Waals surface area contributed by atoms with Gasteiger partial charge in [-0.1, -0.05) is 24.3 Å². The zero-order chi connectivity index (χ0) is 20.6. The molecule has 0 aliphatic carbocycles. The lowest BCUT2D eigenvalue weighted by molar-refractivity contribution is -0.0817. The lowest BCUT2D eigenvalue weighted by Crippen LogP contribution is -2.53. The van der Waals surface area contributed by atoms with Gasteiger partial charge in [0.05, 0.1) is 19.3 Å². The van der Waals surface area contributed by atoms with E-state index in [0.717, 1.165) is 58.2 Å². The second kappa shape index (κ2) is 12.8. The molecule has 0 aromatic heterocycles. The van der Waals surface area contributed by atoms with Crippen molar-refractivity contribution in [2.75, 3.05) is 39.9 Å². The molecule has 1 aromatic carbocycles. The highest BCUT2D eigenvalue weighted by atomic mass is 127. The Morgan fingerprint density at radius 3 is 2.60 bits per heavy atom. The minimum atomic E-state index is 0. The molecular formula is C23H39IN4O2. The number of ether oxygens (including phenoxy) is 2. The summed E-state index contributed by atoms with van der Waals surface area (Å²) in [5.74, 6) is 0.978. The van der Waals surface area contributed by atoms with Gasteiger partial charge < -0.3 is 19.7 Å². The number of rotatable bonds is 7. The summed E-state index contributed by atoms with van der Waals surface area (Å²) in [6.07, 6.45) is 2.61. The first-order chi connectivity index (χ1) is 14.1. The van der Waals surface area contributed by atoms with E-state index in [0.29, 0.717) is 12.6 Å². The molecule has 0 bridgehead atoms. The van der Waals surface area contributed by atoms with Crippen LogP contribution < -0.4 is 5.32 Å². The highest BCUT2D eigenvalue weighted by Crippen LogP contribution is 2.21. The summed E-state index contributed by atoms with van der Waals surface area (Å²) < 4.78 is 11.9. The monoisotopic (exact) mass is 530 g/mol. The number of aliphatic imine (C=N–C) groups is 1. The van der Waals surface area contributed by atoms with Gasteiger partial charge in [0.1, 0.15) is 6.10 Å². The first kappa shape index (κ1) is 25.4. The van der Waals surface area contributed by atoms with Gasteiger partial charge in [-0.05, 0) is 51.8 Å². The van der Waals surface area contributed by atoms with Crippen molar-refractivity contribution in [2.45, 2.75) is 65.0 Å². The van der Waals surface area contributed by atoms with Gasteiger partial charge in [0.25, 0.3) is 0 Å². The minimum absolute atomic E-state index is 0. The number of guanidine groups is 1. The van der Waals surface area contributed by atoms with Gasteiger partial charge in [-0.25, -0.2) is 4.99 Å². The van der Waals surface area contributed by atoms with Gasteiger partial charge in [0.15, 0.2) is 5.96 Å². The average Bonchev–Trinajstić information content (AvgIpc) is 3.27. The highest BCUT2D eigenvalue weighted by Gasteiger charge is 2.32. The Bertz CT molecular complexity index is 664. The predicted octanol–water partition coefficient (Wildman–Crippen LogP) is 3.49. The first-order valence-electron chi connectivity index (χ1n) is 11.1. The van der Waals surface area contributed by atoms with Crippen LogP contribution in [0.2, 0.25) is 0 Å². The average molecular weight is 530 g/mol. The topological polar surface area (TPSA) is 49.3 Å². The Hall–Kier alpha value is -0.900. The van der Waals surface area contributed by atoms with Gasteiger partial charge in [0.2, 0.25) is 0 Å². The van der Waals surface area contributed by atoms with E-state index >= 15 is 0 Å². The Balaban J connectivity index is 0.00000320. The standard InChI is InChI=1S/C23H38N4O2.HI/c1-5-24-23(27-12-14-29-22(17-27)21-11-8-13-28-21)25-15-19-9-6-7-10-20(19)16-26(4)18(2)3;/h6-7,9-10,18,21-22H,5,8,11-17H2,1-4H3,(H,24,25);1H. The number of benzene rings is 1. The van der Waals surface area contributed by atoms with Crippen LogP contribution in [0.1, 0.15) is 44.7 Å². The number of nitrogens with zero attached hydrogens (tertiary/aromatic N) is 3. The summed E-state index contributed by atoms with van der Waals surface area (Å²) in [5, 5.41) is 3.48. The Morgan fingerprint density at radius 2 is 1.93 bits per heavy atom. The largest absolute Gasteiger partial charge is 0.375 e. The number of hydrogen-bond acceptors (Lipinski definition) is 4. The molecule has 170 valence electrons. The summed E-state index contributed by atoms with van der Waals surface area (Å²) in [6.45, 7) is 12.4. The van der Waals surface area contributed by atoms with E-state index in [1.165, 1.54) is 11.1 Å². The molecule has 1 aromatic rings. The van der Waals surface area contributed by atoms with E-state index in [9.17, 15) is 0 Å². The molecule has 7 heteroatoms. The molecule has 0 saturated carbocycles. The van der Waals surface area contributed by atoms with Gasteiger partial charge >= 0.3 is 0 Å². The maximum Gasteiger partial charge on any atom is 0.194 e. The van der Waals surface area contributed by atoms with Crippen molar-refractivity contribution in [1.82, 2.24) is 15.1 Å². The number of hydrogen-bond donors (Lipinski definition) is 1. The lowest BCUT2D eigenvalue weighted by Gasteiger charge is -2.37. The van der Waals surface area contributed by atoms with Gasteiger partial charge in [-0.15, -0.1) is 24.0 Å². The third-order valence-corrected chi connectivity index (χ3v) is 5.93. The maximum atomic E-state index is 6.01. The van der Waals surface area contributed by atoms with Crippen molar-refractivity contribution in [3.05, 3.63) is 35.4 Å². The zero-order valence-corrected chi connectivity index (χ0v) is 21.3.